The van der Waals surface area contributed by atoms with Gasteiger partial charge in [-0.15, -0.1) is 0 Å². The molecule has 0 heterocycles. The smallest absolute Gasteiger partial charge is 0.167 e. The molecule has 2 rings (SSSR count). The van der Waals surface area contributed by atoms with Crippen molar-refractivity contribution in [1.82, 2.24) is 0 Å². The third-order valence-electron chi connectivity index (χ3n) is 2.86. The summed E-state index contributed by atoms with van der Waals surface area (Å²) in [6.07, 6.45) is -0.120. The molecule has 0 aliphatic carbocycles. The molecule has 0 fully saturated rings. The molecule has 0 amide bonds. The molecule has 0 radical (unpaired) electrons. The van der Waals surface area contributed by atoms with E-state index >= 15 is 0 Å². The van der Waals surface area contributed by atoms with E-state index in [2.05, 4.69) is 0 Å². The summed E-state index contributed by atoms with van der Waals surface area (Å²) in [5, 5.41) is 0.491. The molecule has 0 N–H and O–H groups in total. The highest BCUT2D eigenvalue weighted by Gasteiger charge is 2.12. The Kier molecular flexibility index (Phi) is 3.96. The Labute approximate surface area is 114 Å². The molecule has 0 aliphatic heterocycles. The summed E-state index contributed by atoms with van der Waals surface area (Å²) in [7, 11) is 0. The SMILES string of the molecule is Cc1ccc(C(=O)Cc2ccc(F)cc2F)cc1Cl. The van der Waals surface area contributed by atoms with Crippen LogP contribution in [0.4, 0.5) is 8.78 Å². The summed E-state index contributed by atoms with van der Waals surface area (Å²) in [5.41, 5.74) is 1.45. The molecule has 0 aromatic heterocycles. The van der Waals surface area contributed by atoms with Crippen LogP contribution in [0.2, 0.25) is 5.02 Å². The first-order valence-corrected chi connectivity index (χ1v) is 6.08. The molecule has 0 saturated heterocycles. The van der Waals surface area contributed by atoms with Gasteiger partial charge >= 0.3 is 0 Å². The second kappa shape index (κ2) is 5.49. The molecule has 98 valence electrons. The van der Waals surface area contributed by atoms with E-state index in [4.69, 9.17) is 11.6 Å². The fraction of sp³-hybridized carbons (Fsp3) is 0.133. The average molecular weight is 281 g/mol. The fourth-order valence-corrected chi connectivity index (χ4v) is 1.89. The van der Waals surface area contributed by atoms with Crippen molar-refractivity contribution >= 4 is 17.4 Å². The highest BCUT2D eigenvalue weighted by Crippen LogP contribution is 2.19. The van der Waals surface area contributed by atoms with Gasteiger partial charge in [-0.1, -0.05) is 29.8 Å². The zero-order valence-corrected chi connectivity index (χ0v) is 11.0. The first-order chi connectivity index (χ1) is 8.97. The van der Waals surface area contributed by atoms with Gasteiger partial charge in [-0.2, -0.15) is 0 Å². The van der Waals surface area contributed by atoms with E-state index in [1.54, 1.807) is 18.2 Å². The normalized spacial score (nSPS) is 10.5. The summed E-state index contributed by atoms with van der Waals surface area (Å²) in [6, 6.07) is 8.11. The van der Waals surface area contributed by atoms with Gasteiger partial charge in [0, 0.05) is 23.1 Å². The van der Waals surface area contributed by atoms with E-state index in [0.717, 1.165) is 17.7 Å². The summed E-state index contributed by atoms with van der Waals surface area (Å²) < 4.78 is 26.2. The van der Waals surface area contributed by atoms with E-state index in [1.165, 1.54) is 6.07 Å². The molecule has 0 aliphatic rings. The molecule has 19 heavy (non-hydrogen) atoms. The third kappa shape index (κ3) is 3.18. The highest BCUT2D eigenvalue weighted by molar-refractivity contribution is 6.31. The molecule has 0 unspecified atom stereocenters. The van der Waals surface area contributed by atoms with Crippen molar-refractivity contribution in [3.8, 4) is 0 Å². The van der Waals surface area contributed by atoms with Gasteiger partial charge in [0.25, 0.3) is 0 Å². The standard InChI is InChI=1S/C15H11ClF2O/c1-9-2-3-11(6-13(9)16)15(19)7-10-4-5-12(17)8-14(10)18/h2-6,8H,7H2,1H3. The molecule has 2 aromatic carbocycles. The Morgan fingerprint density at radius 3 is 2.53 bits per heavy atom. The number of carbonyl (C=O) groups excluding carboxylic acids is 1. The largest absolute Gasteiger partial charge is 0.294 e. The van der Waals surface area contributed by atoms with E-state index in [0.29, 0.717) is 10.6 Å². The number of Topliss-reactive ketones (excluding diaryl/α,β-unsaturated/α-hetero) is 1. The molecule has 0 bridgehead atoms. The van der Waals surface area contributed by atoms with Crippen LogP contribution in [0.15, 0.2) is 36.4 Å². The quantitative estimate of drug-likeness (QED) is 0.764. The maximum absolute atomic E-state index is 13.5. The van der Waals surface area contributed by atoms with Crippen LogP contribution < -0.4 is 0 Å². The first-order valence-electron chi connectivity index (χ1n) is 5.70. The lowest BCUT2D eigenvalue weighted by Gasteiger charge is -2.05. The predicted molar refractivity (Wildman–Crippen MR) is 70.6 cm³/mol. The number of benzene rings is 2. The van der Waals surface area contributed by atoms with Crippen LogP contribution >= 0.6 is 11.6 Å². The van der Waals surface area contributed by atoms with E-state index in [-0.39, 0.29) is 17.8 Å². The number of hydrogen-bond acceptors (Lipinski definition) is 1. The monoisotopic (exact) mass is 280 g/mol. The first kappa shape index (κ1) is 13.7. The number of halogens is 3. The van der Waals surface area contributed by atoms with Crippen molar-refractivity contribution in [3.05, 3.63) is 69.7 Å². The zero-order chi connectivity index (χ0) is 14.0. The lowest BCUT2D eigenvalue weighted by Crippen LogP contribution is -2.05. The Balaban J connectivity index is 2.23. The van der Waals surface area contributed by atoms with Crippen LogP contribution in [0.1, 0.15) is 21.5 Å². The second-order valence-electron chi connectivity index (χ2n) is 4.30. The van der Waals surface area contributed by atoms with Crippen LogP contribution in [0.25, 0.3) is 0 Å². The Hall–Kier alpha value is -1.74. The molecule has 0 atom stereocenters. The van der Waals surface area contributed by atoms with Crippen molar-refractivity contribution < 1.29 is 13.6 Å². The van der Waals surface area contributed by atoms with Gasteiger partial charge in [-0.3, -0.25) is 4.79 Å². The molecule has 0 saturated carbocycles. The van der Waals surface area contributed by atoms with Crippen LogP contribution in [-0.4, -0.2) is 5.78 Å². The van der Waals surface area contributed by atoms with Crippen LogP contribution in [0.5, 0.6) is 0 Å². The summed E-state index contributed by atoms with van der Waals surface area (Å²) in [5.74, 6) is -1.63. The van der Waals surface area contributed by atoms with Crippen molar-refractivity contribution in [2.45, 2.75) is 13.3 Å². The number of aryl methyl sites for hydroxylation is 1. The van der Waals surface area contributed by atoms with Crippen molar-refractivity contribution in [2.24, 2.45) is 0 Å². The Morgan fingerprint density at radius 2 is 1.89 bits per heavy atom. The van der Waals surface area contributed by atoms with E-state index in [9.17, 15) is 13.6 Å². The number of hydrogen-bond donors (Lipinski definition) is 0. The van der Waals surface area contributed by atoms with Gasteiger partial charge in [0.15, 0.2) is 5.78 Å². The molecular formula is C15H11ClF2O. The second-order valence-corrected chi connectivity index (χ2v) is 4.71. The molecule has 1 nitrogen and oxygen atoms in total. The number of ketones is 1. The maximum atomic E-state index is 13.5. The minimum atomic E-state index is -0.716. The predicted octanol–water partition coefficient (Wildman–Crippen LogP) is 4.35. The third-order valence-corrected chi connectivity index (χ3v) is 3.27. The van der Waals surface area contributed by atoms with Crippen molar-refractivity contribution in [3.63, 3.8) is 0 Å². The van der Waals surface area contributed by atoms with Gasteiger partial charge in [-0.05, 0) is 30.2 Å². The lowest BCUT2D eigenvalue weighted by molar-refractivity contribution is 0.0991. The fourth-order valence-electron chi connectivity index (χ4n) is 1.71. The van der Waals surface area contributed by atoms with Gasteiger partial charge in [-0.25, -0.2) is 8.78 Å². The highest BCUT2D eigenvalue weighted by atomic mass is 35.5. The summed E-state index contributed by atoms with van der Waals surface area (Å²) in [6.45, 7) is 1.83. The average Bonchev–Trinajstić information content (AvgIpc) is 2.36. The number of carbonyl (C=O) groups is 1. The van der Waals surface area contributed by atoms with Gasteiger partial charge in [0.2, 0.25) is 0 Å². The lowest BCUT2D eigenvalue weighted by atomic mass is 10.0. The zero-order valence-electron chi connectivity index (χ0n) is 10.2. The van der Waals surface area contributed by atoms with E-state index < -0.39 is 11.6 Å². The molecule has 2 aromatic rings. The minimum absolute atomic E-state index is 0.120. The topological polar surface area (TPSA) is 17.1 Å². The van der Waals surface area contributed by atoms with E-state index in [1.807, 2.05) is 6.92 Å². The van der Waals surface area contributed by atoms with Crippen molar-refractivity contribution in [1.29, 1.82) is 0 Å². The maximum Gasteiger partial charge on any atom is 0.167 e. The van der Waals surface area contributed by atoms with Crippen LogP contribution in [0, 0.1) is 18.6 Å². The molecule has 4 heteroatoms. The molecular weight excluding hydrogens is 270 g/mol. The minimum Gasteiger partial charge on any atom is -0.294 e. The molecule has 0 spiro atoms. The van der Waals surface area contributed by atoms with Gasteiger partial charge in [0.1, 0.15) is 11.6 Å². The summed E-state index contributed by atoms with van der Waals surface area (Å²) >= 11 is 5.94. The summed E-state index contributed by atoms with van der Waals surface area (Å²) in [4.78, 5) is 12.0. The Morgan fingerprint density at radius 1 is 1.16 bits per heavy atom. The van der Waals surface area contributed by atoms with Crippen LogP contribution in [0.3, 0.4) is 0 Å². The van der Waals surface area contributed by atoms with Gasteiger partial charge in [0.05, 0.1) is 0 Å². The Bertz CT molecular complexity index is 638. The van der Waals surface area contributed by atoms with Crippen LogP contribution in [-0.2, 0) is 6.42 Å². The van der Waals surface area contributed by atoms with Crippen molar-refractivity contribution in [2.75, 3.05) is 0 Å². The number of rotatable bonds is 3. The van der Waals surface area contributed by atoms with Gasteiger partial charge < -0.3 is 0 Å².